The number of carbonyl (C=O) groups is 2. The van der Waals surface area contributed by atoms with Crippen LogP contribution in [0.1, 0.15) is 41.7 Å². The molecule has 2 aromatic heterocycles. The molecule has 0 aliphatic heterocycles. The number of rotatable bonds is 8. The predicted octanol–water partition coefficient (Wildman–Crippen LogP) is 3.80. The monoisotopic (exact) mass is 399 g/mol. The Morgan fingerprint density at radius 3 is 2.66 bits per heavy atom. The van der Waals surface area contributed by atoms with Crippen molar-refractivity contribution in [3.63, 3.8) is 0 Å². The van der Waals surface area contributed by atoms with Gasteiger partial charge in [-0.05, 0) is 50.1 Å². The average molecular weight is 399 g/mol. The molecule has 1 N–H and O–H groups in total. The summed E-state index contributed by atoms with van der Waals surface area (Å²) in [6, 6.07) is 7.51. The van der Waals surface area contributed by atoms with Crippen molar-refractivity contribution in [3.05, 3.63) is 47.4 Å². The number of aromatic nitrogens is 2. The molecule has 29 heavy (non-hydrogen) atoms. The predicted molar refractivity (Wildman–Crippen MR) is 105 cm³/mol. The number of hydrogen-bond acceptors (Lipinski definition) is 6. The van der Waals surface area contributed by atoms with E-state index in [-0.39, 0.29) is 23.4 Å². The number of benzene rings is 1. The Kier molecular flexibility index (Phi) is 6.54. The molecule has 0 saturated heterocycles. The van der Waals surface area contributed by atoms with Crippen molar-refractivity contribution >= 4 is 23.0 Å². The van der Waals surface area contributed by atoms with E-state index in [1.807, 2.05) is 0 Å². The number of nitrogens with one attached hydrogen (secondary N) is 1. The standard InChI is InChI=1S/C21H22FN3O4/c1-13-19-16(20(27)23-11-5-3-4-6-18(26)28-2)12-17(24-21(19)29-25-13)14-7-9-15(22)10-8-14/h7-10,12H,3-6,11H2,1-2H3,(H,23,27). The molecule has 3 rings (SSSR count). The van der Waals surface area contributed by atoms with Gasteiger partial charge in [-0.3, -0.25) is 9.59 Å². The van der Waals surface area contributed by atoms with E-state index >= 15 is 0 Å². The third kappa shape index (κ3) is 4.96. The van der Waals surface area contributed by atoms with E-state index in [0.29, 0.717) is 47.3 Å². The van der Waals surface area contributed by atoms with E-state index in [9.17, 15) is 14.0 Å². The normalized spacial score (nSPS) is 10.9. The maximum atomic E-state index is 13.2. The SMILES string of the molecule is COC(=O)CCCCCNC(=O)c1cc(-c2ccc(F)cc2)nc2onc(C)c12. The Hall–Kier alpha value is -3.29. The fourth-order valence-electron chi connectivity index (χ4n) is 3.01. The Labute approximate surface area is 167 Å². The van der Waals surface area contributed by atoms with Crippen LogP contribution in [0.15, 0.2) is 34.9 Å². The summed E-state index contributed by atoms with van der Waals surface area (Å²) in [5.41, 5.74) is 2.40. The Bertz CT molecular complexity index is 1010. The van der Waals surface area contributed by atoms with Gasteiger partial charge in [-0.2, -0.15) is 0 Å². The van der Waals surface area contributed by atoms with Crippen molar-refractivity contribution in [2.24, 2.45) is 0 Å². The van der Waals surface area contributed by atoms with Gasteiger partial charge in [0.05, 0.1) is 29.4 Å². The number of halogens is 1. The van der Waals surface area contributed by atoms with Crippen molar-refractivity contribution in [2.75, 3.05) is 13.7 Å². The molecule has 2 heterocycles. The highest BCUT2D eigenvalue weighted by molar-refractivity contribution is 6.06. The number of fused-ring (bicyclic) bond motifs is 1. The number of aryl methyl sites for hydroxylation is 1. The van der Waals surface area contributed by atoms with Crippen LogP contribution in [0, 0.1) is 12.7 Å². The van der Waals surface area contributed by atoms with E-state index in [0.717, 1.165) is 12.8 Å². The fourth-order valence-corrected chi connectivity index (χ4v) is 3.01. The van der Waals surface area contributed by atoms with Crippen molar-refractivity contribution in [3.8, 4) is 11.3 Å². The largest absolute Gasteiger partial charge is 0.469 e. The summed E-state index contributed by atoms with van der Waals surface area (Å²) in [5, 5.41) is 7.35. The van der Waals surface area contributed by atoms with Crippen LogP contribution in [-0.4, -0.2) is 35.7 Å². The second-order valence-electron chi connectivity index (χ2n) is 6.65. The number of esters is 1. The highest BCUT2D eigenvalue weighted by Crippen LogP contribution is 2.27. The number of unbranched alkanes of at least 4 members (excludes halogenated alkanes) is 2. The van der Waals surface area contributed by atoms with Crippen molar-refractivity contribution in [1.82, 2.24) is 15.5 Å². The number of pyridine rings is 1. The number of hydrogen-bond donors (Lipinski definition) is 1. The molecule has 0 saturated carbocycles. The molecule has 0 unspecified atom stereocenters. The van der Waals surface area contributed by atoms with E-state index in [1.54, 1.807) is 25.1 Å². The molecule has 1 aromatic carbocycles. The number of nitrogens with zero attached hydrogens (tertiary/aromatic N) is 2. The van der Waals surface area contributed by atoms with Gasteiger partial charge in [0.1, 0.15) is 5.82 Å². The van der Waals surface area contributed by atoms with Gasteiger partial charge in [0, 0.05) is 18.5 Å². The maximum Gasteiger partial charge on any atom is 0.305 e. The molecule has 0 atom stereocenters. The maximum absolute atomic E-state index is 13.2. The summed E-state index contributed by atoms with van der Waals surface area (Å²) in [4.78, 5) is 28.3. The second kappa shape index (κ2) is 9.27. The lowest BCUT2D eigenvalue weighted by Crippen LogP contribution is -2.25. The quantitative estimate of drug-likeness (QED) is 0.457. The zero-order valence-corrected chi connectivity index (χ0v) is 16.3. The van der Waals surface area contributed by atoms with Crippen LogP contribution in [0.3, 0.4) is 0 Å². The first-order valence-corrected chi connectivity index (χ1v) is 9.37. The lowest BCUT2D eigenvalue weighted by molar-refractivity contribution is -0.140. The minimum Gasteiger partial charge on any atom is -0.469 e. The Balaban J connectivity index is 1.73. The van der Waals surface area contributed by atoms with Crippen molar-refractivity contribution in [1.29, 1.82) is 0 Å². The first-order valence-electron chi connectivity index (χ1n) is 9.37. The van der Waals surface area contributed by atoms with E-state index in [1.165, 1.54) is 19.2 Å². The number of carbonyl (C=O) groups excluding carboxylic acids is 2. The first kappa shape index (κ1) is 20.4. The van der Waals surface area contributed by atoms with Crippen molar-refractivity contribution in [2.45, 2.75) is 32.6 Å². The van der Waals surface area contributed by atoms with E-state index in [2.05, 4.69) is 20.2 Å². The second-order valence-corrected chi connectivity index (χ2v) is 6.65. The third-order valence-electron chi connectivity index (χ3n) is 4.57. The van der Waals surface area contributed by atoms with Gasteiger partial charge in [-0.15, -0.1) is 0 Å². The molecule has 152 valence electrons. The Morgan fingerprint density at radius 1 is 1.17 bits per heavy atom. The van der Waals surface area contributed by atoms with Crippen LogP contribution in [-0.2, 0) is 9.53 Å². The molecule has 0 radical (unpaired) electrons. The van der Waals surface area contributed by atoms with Gasteiger partial charge in [0.2, 0.25) is 0 Å². The number of ether oxygens (including phenoxy) is 1. The summed E-state index contributed by atoms with van der Waals surface area (Å²) in [5.74, 6) is -0.847. The summed E-state index contributed by atoms with van der Waals surface area (Å²) in [7, 11) is 1.37. The van der Waals surface area contributed by atoms with Gasteiger partial charge in [0.15, 0.2) is 0 Å². The lowest BCUT2D eigenvalue weighted by atomic mass is 10.0. The van der Waals surface area contributed by atoms with Crippen LogP contribution in [0.5, 0.6) is 0 Å². The molecule has 8 heteroatoms. The molecule has 0 aliphatic carbocycles. The molecular weight excluding hydrogens is 377 g/mol. The van der Waals surface area contributed by atoms with E-state index < -0.39 is 0 Å². The van der Waals surface area contributed by atoms with Crippen molar-refractivity contribution < 1.29 is 23.2 Å². The molecule has 0 fully saturated rings. The van der Waals surface area contributed by atoms with Gasteiger partial charge < -0.3 is 14.6 Å². The number of methoxy groups -OCH3 is 1. The summed E-state index contributed by atoms with van der Waals surface area (Å²) >= 11 is 0. The van der Waals surface area contributed by atoms with Crippen LogP contribution >= 0.6 is 0 Å². The number of amides is 1. The molecule has 1 amide bonds. The molecule has 0 spiro atoms. The van der Waals surface area contributed by atoms with Crippen LogP contribution < -0.4 is 5.32 Å². The molecular formula is C21H22FN3O4. The summed E-state index contributed by atoms with van der Waals surface area (Å²) in [6.07, 6.45) is 2.62. The van der Waals surface area contributed by atoms with Crippen LogP contribution in [0.4, 0.5) is 4.39 Å². The minimum absolute atomic E-state index is 0.232. The molecule has 3 aromatic rings. The van der Waals surface area contributed by atoms with Gasteiger partial charge in [0.25, 0.3) is 11.6 Å². The summed E-state index contributed by atoms with van der Waals surface area (Å²) < 4.78 is 23.1. The van der Waals surface area contributed by atoms with Gasteiger partial charge in [-0.25, -0.2) is 9.37 Å². The smallest absolute Gasteiger partial charge is 0.305 e. The summed E-state index contributed by atoms with van der Waals surface area (Å²) in [6.45, 7) is 2.22. The fraction of sp³-hybridized carbons (Fsp3) is 0.333. The van der Waals surface area contributed by atoms with E-state index in [4.69, 9.17) is 4.52 Å². The molecule has 7 nitrogen and oxygen atoms in total. The first-order chi connectivity index (χ1) is 14.0. The zero-order valence-electron chi connectivity index (χ0n) is 16.3. The Morgan fingerprint density at radius 2 is 1.93 bits per heavy atom. The topological polar surface area (TPSA) is 94.3 Å². The highest BCUT2D eigenvalue weighted by atomic mass is 19.1. The van der Waals surface area contributed by atoms with Gasteiger partial charge in [-0.1, -0.05) is 11.6 Å². The highest BCUT2D eigenvalue weighted by Gasteiger charge is 2.19. The lowest BCUT2D eigenvalue weighted by Gasteiger charge is -2.08. The van der Waals surface area contributed by atoms with Crippen LogP contribution in [0.2, 0.25) is 0 Å². The van der Waals surface area contributed by atoms with Gasteiger partial charge >= 0.3 is 5.97 Å². The molecule has 0 aliphatic rings. The average Bonchev–Trinajstić information content (AvgIpc) is 3.10. The molecule has 0 bridgehead atoms. The minimum atomic E-state index is -0.351. The van der Waals surface area contributed by atoms with Crippen LogP contribution in [0.25, 0.3) is 22.4 Å². The zero-order chi connectivity index (χ0) is 20.8. The third-order valence-corrected chi connectivity index (χ3v) is 4.57.